The maximum atomic E-state index is 12.8. The second-order valence-corrected chi connectivity index (χ2v) is 7.99. The van der Waals surface area contributed by atoms with Crippen molar-refractivity contribution < 1.29 is 18.8 Å². The molecule has 4 rings (SSSR count). The number of rotatable bonds is 7. The molecule has 0 spiro atoms. The average molecular weight is 437 g/mol. The summed E-state index contributed by atoms with van der Waals surface area (Å²) in [6.07, 6.45) is 1.54. The summed E-state index contributed by atoms with van der Waals surface area (Å²) in [5.41, 5.74) is 2.75. The van der Waals surface area contributed by atoms with Crippen LogP contribution in [0.2, 0.25) is 0 Å². The Balaban J connectivity index is 1.30. The number of amides is 1. The van der Waals surface area contributed by atoms with Crippen molar-refractivity contribution in [3.8, 4) is 23.0 Å². The standard InChI is InChI=1S/C24H28N4O4/c1-16-4-6-18(7-5-16)24-26-22(27-32-24)15-28-12-10-17(11-13-28)23(29)25-20-9-8-19(30-2)14-21(20)31-3/h4-9,14,17H,10-13,15H2,1-3H3,(H,25,29). The van der Waals surface area contributed by atoms with Gasteiger partial charge in [-0.2, -0.15) is 4.98 Å². The van der Waals surface area contributed by atoms with Gasteiger partial charge in [0.1, 0.15) is 11.5 Å². The Morgan fingerprint density at radius 2 is 1.88 bits per heavy atom. The molecule has 0 bridgehead atoms. The van der Waals surface area contributed by atoms with Crippen molar-refractivity contribution in [2.75, 3.05) is 32.6 Å². The van der Waals surface area contributed by atoms with E-state index in [0.717, 1.165) is 31.5 Å². The molecule has 0 atom stereocenters. The third-order valence-electron chi connectivity index (χ3n) is 5.76. The van der Waals surface area contributed by atoms with E-state index in [2.05, 4.69) is 20.4 Å². The van der Waals surface area contributed by atoms with E-state index in [9.17, 15) is 4.79 Å². The third kappa shape index (κ3) is 5.08. The van der Waals surface area contributed by atoms with E-state index in [1.54, 1.807) is 32.4 Å². The number of methoxy groups -OCH3 is 2. The molecule has 32 heavy (non-hydrogen) atoms. The van der Waals surface area contributed by atoms with Gasteiger partial charge in [-0.25, -0.2) is 0 Å². The smallest absolute Gasteiger partial charge is 0.257 e. The number of nitrogens with one attached hydrogen (secondary N) is 1. The van der Waals surface area contributed by atoms with Gasteiger partial charge in [-0.3, -0.25) is 9.69 Å². The normalized spacial score (nSPS) is 14.8. The van der Waals surface area contributed by atoms with Gasteiger partial charge in [-0.15, -0.1) is 0 Å². The lowest BCUT2D eigenvalue weighted by molar-refractivity contribution is -0.121. The summed E-state index contributed by atoms with van der Waals surface area (Å²) in [4.78, 5) is 19.6. The van der Waals surface area contributed by atoms with Crippen LogP contribution in [0.15, 0.2) is 47.0 Å². The molecular weight excluding hydrogens is 408 g/mol. The molecule has 1 aromatic heterocycles. The lowest BCUT2D eigenvalue weighted by Gasteiger charge is -2.30. The largest absolute Gasteiger partial charge is 0.497 e. The van der Waals surface area contributed by atoms with Gasteiger partial charge in [0.2, 0.25) is 5.91 Å². The van der Waals surface area contributed by atoms with Crippen LogP contribution in [-0.4, -0.2) is 48.3 Å². The summed E-state index contributed by atoms with van der Waals surface area (Å²) in [6, 6.07) is 13.4. The van der Waals surface area contributed by atoms with Crippen LogP contribution < -0.4 is 14.8 Å². The summed E-state index contributed by atoms with van der Waals surface area (Å²) in [5, 5.41) is 7.12. The van der Waals surface area contributed by atoms with Crippen LogP contribution in [0.5, 0.6) is 11.5 Å². The molecule has 0 unspecified atom stereocenters. The first-order chi connectivity index (χ1) is 15.6. The fourth-order valence-corrected chi connectivity index (χ4v) is 3.82. The Morgan fingerprint density at radius 1 is 1.12 bits per heavy atom. The van der Waals surface area contributed by atoms with Gasteiger partial charge >= 0.3 is 0 Å². The van der Waals surface area contributed by atoms with Crippen LogP contribution in [0.4, 0.5) is 5.69 Å². The Bertz CT molecular complexity index is 1060. The van der Waals surface area contributed by atoms with Crippen LogP contribution in [0.3, 0.4) is 0 Å². The Morgan fingerprint density at radius 3 is 2.56 bits per heavy atom. The number of carbonyl (C=O) groups is 1. The van der Waals surface area contributed by atoms with E-state index in [-0.39, 0.29) is 11.8 Å². The number of hydrogen-bond donors (Lipinski definition) is 1. The first-order valence-electron chi connectivity index (χ1n) is 10.7. The molecule has 1 aliphatic rings. The highest BCUT2D eigenvalue weighted by Crippen LogP contribution is 2.30. The topological polar surface area (TPSA) is 89.7 Å². The number of piperidine rings is 1. The summed E-state index contributed by atoms with van der Waals surface area (Å²) in [7, 11) is 3.17. The quantitative estimate of drug-likeness (QED) is 0.600. The summed E-state index contributed by atoms with van der Waals surface area (Å²) >= 11 is 0. The third-order valence-corrected chi connectivity index (χ3v) is 5.76. The van der Waals surface area contributed by atoms with Crippen molar-refractivity contribution in [1.82, 2.24) is 15.0 Å². The number of anilines is 1. The van der Waals surface area contributed by atoms with E-state index in [1.165, 1.54) is 5.56 Å². The van der Waals surface area contributed by atoms with E-state index >= 15 is 0 Å². The molecule has 2 aromatic carbocycles. The van der Waals surface area contributed by atoms with Gasteiger partial charge in [0.05, 0.1) is 26.5 Å². The van der Waals surface area contributed by atoms with Gasteiger partial charge < -0.3 is 19.3 Å². The van der Waals surface area contributed by atoms with Gasteiger partial charge in [-0.05, 0) is 57.1 Å². The molecule has 1 aliphatic heterocycles. The van der Waals surface area contributed by atoms with Crippen molar-refractivity contribution >= 4 is 11.6 Å². The fourth-order valence-electron chi connectivity index (χ4n) is 3.82. The molecule has 0 aliphatic carbocycles. The van der Waals surface area contributed by atoms with Crippen molar-refractivity contribution in [3.05, 3.63) is 53.9 Å². The Labute approximate surface area is 187 Å². The van der Waals surface area contributed by atoms with Crippen molar-refractivity contribution in [2.45, 2.75) is 26.3 Å². The molecule has 8 heteroatoms. The fraction of sp³-hybridized carbons (Fsp3) is 0.375. The molecule has 0 radical (unpaired) electrons. The first-order valence-corrected chi connectivity index (χ1v) is 10.7. The molecule has 8 nitrogen and oxygen atoms in total. The zero-order valence-corrected chi connectivity index (χ0v) is 18.6. The number of likely N-dealkylation sites (tertiary alicyclic amines) is 1. The molecule has 0 saturated carbocycles. The molecule has 3 aromatic rings. The molecule has 168 valence electrons. The SMILES string of the molecule is COc1ccc(NC(=O)C2CCN(Cc3noc(-c4ccc(C)cc4)n3)CC2)c(OC)c1. The summed E-state index contributed by atoms with van der Waals surface area (Å²) in [6.45, 7) is 4.24. The predicted molar refractivity (Wildman–Crippen MR) is 121 cm³/mol. The minimum absolute atomic E-state index is 0.00864. The monoisotopic (exact) mass is 436 g/mol. The molecule has 1 amide bonds. The minimum atomic E-state index is -0.0496. The van der Waals surface area contributed by atoms with Gasteiger partial charge in [-0.1, -0.05) is 22.9 Å². The lowest BCUT2D eigenvalue weighted by atomic mass is 9.95. The number of hydrogen-bond acceptors (Lipinski definition) is 7. The van der Waals surface area contributed by atoms with Crippen LogP contribution >= 0.6 is 0 Å². The minimum Gasteiger partial charge on any atom is -0.497 e. The summed E-state index contributed by atoms with van der Waals surface area (Å²) < 4.78 is 16.0. The molecule has 1 saturated heterocycles. The molecular formula is C24H28N4O4. The number of ether oxygens (including phenoxy) is 2. The van der Waals surface area contributed by atoms with E-state index in [1.807, 2.05) is 31.2 Å². The number of aromatic nitrogens is 2. The van der Waals surface area contributed by atoms with Crippen molar-refractivity contribution in [3.63, 3.8) is 0 Å². The second-order valence-electron chi connectivity index (χ2n) is 7.99. The maximum absolute atomic E-state index is 12.8. The number of carbonyl (C=O) groups excluding carboxylic acids is 1. The van der Waals surface area contributed by atoms with Crippen LogP contribution in [0.1, 0.15) is 24.2 Å². The van der Waals surface area contributed by atoms with Crippen LogP contribution in [0.25, 0.3) is 11.5 Å². The highest BCUT2D eigenvalue weighted by Gasteiger charge is 2.26. The zero-order chi connectivity index (χ0) is 22.5. The van der Waals surface area contributed by atoms with Gasteiger partial charge in [0.25, 0.3) is 5.89 Å². The highest BCUT2D eigenvalue weighted by atomic mass is 16.5. The first kappa shape index (κ1) is 21.8. The summed E-state index contributed by atoms with van der Waals surface area (Å²) in [5.74, 6) is 2.41. The molecule has 2 heterocycles. The number of benzene rings is 2. The second kappa shape index (κ2) is 9.82. The predicted octanol–water partition coefficient (Wildman–Crippen LogP) is 3.91. The van der Waals surface area contributed by atoms with E-state index in [4.69, 9.17) is 14.0 Å². The molecule has 1 fully saturated rings. The Kier molecular flexibility index (Phi) is 6.70. The van der Waals surface area contributed by atoms with Gasteiger partial charge in [0.15, 0.2) is 5.82 Å². The zero-order valence-electron chi connectivity index (χ0n) is 18.6. The van der Waals surface area contributed by atoms with Crippen LogP contribution in [0, 0.1) is 12.8 Å². The lowest BCUT2D eigenvalue weighted by Crippen LogP contribution is -2.38. The average Bonchev–Trinajstić information content (AvgIpc) is 3.28. The number of aryl methyl sites for hydroxylation is 1. The Hall–Kier alpha value is -3.39. The van der Waals surface area contributed by atoms with E-state index < -0.39 is 0 Å². The van der Waals surface area contributed by atoms with E-state index in [0.29, 0.717) is 35.4 Å². The maximum Gasteiger partial charge on any atom is 0.257 e. The highest BCUT2D eigenvalue weighted by molar-refractivity contribution is 5.94. The van der Waals surface area contributed by atoms with Crippen molar-refractivity contribution in [2.24, 2.45) is 5.92 Å². The number of nitrogens with zero attached hydrogens (tertiary/aromatic N) is 3. The van der Waals surface area contributed by atoms with Crippen molar-refractivity contribution in [1.29, 1.82) is 0 Å². The van der Waals surface area contributed by atoms with Gasteiger partial charge in [0, 0.05) is 17.5 Å². The van der Waals surface area contributed by atoms with Crippen LogP contribution in [-0.2, 0) is 11.3 Å². The molecule has 1 N–H and O–H groups in total.